The van der Waals surface area contributed by atoms with Crippen molar-refractivity contribution in [2.45, 2.75) is 45.1 Å². The number of hydrogen-bond acceptors (Lipinski definition) is 2. The van der Waals surface area contributed by atoms with Gasteiger partial charge in [-0.1, -0.05) is 38.3 Å². The van der Waals surface area contributed by atoms with Gasteiger partial charge in [-0.25, -0.2) is 4.39 Å². The summed E-state index contributed by atoms with van der Waals surface area (Å²) in [7, 11) is 2.08. The van der Waals surface area contributed by atoms with E-state index in [2.05, 4.69) is 11.9 Å². The Morgan fingerprint density at radius 2 is 1.95 bits per heavy atom. The van der Waals surface area contributed by atoms with Crippen LogP contribution in [0.3, 0.4) is 0 Å². The van der Waals surface area contributed by atoms with Gasteiger partial charge in [0.15, 0.2) is 5.78 Å². The summed E-state index contributed by atoms with van der Waals surface area (Å²) in [6.07, 6.45) is 6.33. The van der Waals surface area contributed by atoms with Crippen LogP contribution < -0.4 is 0 Å². The predicted octanol–water partition coefficient (Wildman–Crippen LogP) is 3.91. The molecule has 0 bridgehead atoms. The van der Waals surface area contributed by atoms with E-state index in [4.69, 9.17) is 0 Å². The number of Topliss-reactive ketones (excluding diaryl/α,β-unsaturated/α-hetero) is 1. The Labute approximate surface area is 121 Å². The van der Waals surface area contributed by atoms with E-state index in [1.54, 1.807) is 18.2 Å². The summed E-state index contributed by atoms with van der Waals surface area (Å²) in [6, 6.07) is 6.85. The molecule has 1 aromatic rings. The van der Waals surface area contributed by atoms with Gasteiger partial charge in [0.2, 0.25) is 0 Å². The van der Waals surface area contributed by atoms with Crippen LogP contribution in [0.25, 0.3) is 0 Å². The standard InChI is InChI=1S/C17H24FNO/c1-13(12-19(2)14-8-4-3-5-9-14)17(20)15-10-6-7-11-16(15)18/h6-7,10-11,13-14H,3-5,8-9,12H2,1-2H3. The molecule has 1 atom stereocenters. The van der Waals surface area contributed by atoms with Crippen LogP contribution >= 0.6 is 0 Å². The van der Waals surface area contributed by atoms with Gasteiger partial charge in [0.05, 0.1) is 5.56 Å². The highest BCUT2D eigenvalue weighted by molar-refractivity contribution is 5.98. The summed E-state index contributed by atoms with van der Waals surface area (Å²) in [4.78, 5) is 14.6. The number of carbonyl (C=O) groups is 1. The Morgan fingerprint density at radius 3 is 2.60 bits per heavy atom. The van der Waals surface area contributed by atoms with Gasteiger partial charge in [0.25, 0.3) is 0 Å². The highest BCUT2D eigenvalue weighted by Gasteiger charge is 2.24. The molecule has 2 rings (SSSR count). The molecule has 1 aliphatic rings. The minimum atomic E-state index is -0.412. The average molecular weight is 277 g/mol. The van der Waals surface area contributed by atoms with Gasteiger partial charge in [-0.2, -0.15) is 0 Å². The lowest BCUT2D eigenvalue weighted by Gasteiger charge is -2.32. The Hall–Kier alpha value is -1.22. The topological polar surface area (TPSA) is 20.3 Å². The van der Waals surface area contributed by atoms with Gasteiger partial charge in [0, 0.05) is 18.5 Å². The van der Waals surface area contributed by atoms with Crippen LogP contribution in [0.15, 0.2) is 24.3 Å². The summed E-state index contributed by atoms with van der Waals surface area (Å²) in [5.41, 5.74) is 0.219. The van der Waals surface area contributed by atoms with E-state index < -0.39 is 5.82 Å². The van der Waals surface area contributed by atoms with Crippen molar-refractivity contribution in [2.75, 3.05) is 13.6 Å². The van der Waals surface area contributed by atoms with Crippen molar-refractivity contribution < 1.29 is 9.18 Å². The molecule has 0 spiro atoms. The molecule has 0 radical (unpaired) electrons. The van der Waals surface area contributed by atoms with Crippen LogP contribution in [0, 0.1) is 11.7 Å². The van der Waals surface area contributed by atoms with Crippen molar-refractivity contribution in [2.24, 2.45) is 5.92 Å². The van der Waals surface area contributed by atoms with Crippen molar-refractivity contribution in [3.8, 4) is 0 Å². The van der Waals surface area contributed by atoms with E-state index in [0.29, 0.717) is 12.6 Å². The number of ketones is 1. The van der Waals surface area contributed by atoms with Crippen molar-refractivity contribution in [1.82, 2.24) is 4.90 Å². The van der Waals surface area contributed by atoms with Crippen LogP contribution in [0.2, 0.25) is 0 Å². The highest BCUT2D eigenvalue weighted by Crippen LogP contribution is 2.23. The molecule has 110 valence electrons. The van der Waals surface area contributed by atoms with E-state index in [0.717, 1.165) is 0 Å². The molecular weight excluding hydrogens is 253 g/mol. The van der Waals surface area contributed by atoms with Gasteiger partial charge in [-0.3, -0.25) is 4.79 Å². The first kappa shape index (κ1) is 15.2. The summed E-state index contributed by atoms with van der Waals surface area (Å²) in [5.74, 6) is -0.672. The maximum atomic E-state index is 13.7. The van der Waals surface area contributed by atoms with E-state index in [1.165, 1.54) is 38.2 Å². The maximum Gasteiger partial charge on any atom is 0.169 e. The maximum absolute atomic E-state index is 13.7. The van der Waals surface area contributed by atoms with Gasteiger partial charge in [-0.05, 0) is 32.0 Å². The number of benzene rings is 1. The van der Waals surface area contributed by atoms with E-state index in [-0.39, 0.29) is 17.3 Å². The van der Waals surface area contributed by atoms with Crippen molar-refractivity contribution >= 4 is 5.78 Å². The molecule has 1 aliphatic carbocycles. The summed E-state index contributed by atoms with van der Waals surface area (Å²) < 4.78 is 13.7. The zero-order valence-electron chi connectivity index (χ0n) is 12.4. The van der Waals surface area contributed by atoms with Crippen LogP contribution in [-0.4, -0.2) is 30.3 Å². The third-order valence-corrected chi connectivity index (χ3v) is 4.35. The Balaban J connectivity index is 1.95. The number of rotatable bonds is 5. The summed E-state index contributed by atoms with van der Waals surface area (Å²) in [5, 5.41) is 0. The molecule has 1 saturated carbocycles. The zero-order valence-corrected chi connectivity index (χ0v) is 12.4. The molecule has 1 fully saturated rings. The fourth-order valence-electron chi connectivity index (χ4n) is 3.11. The Bertz CT molecular complexity index is 454. The van der Waals surface area contributed by atoms with E-state index >= 15 is 0 Å². The second kappa shape index (κ2) is 6.98. The Morgan fingerprint density at radius 1 is 1.30 bits per heavy atom. The monoisotopic (exact) mass is 277 g/mol. The van der Waals surface area contributed by atoms with Crippen molar-refractivity contribution in [1.29, 1.82) is 0 Å². The second-order valence-corrected chi connectivity index (χ2v) is 5.98. The second-order valence-electron chi connectivity index (χ2n) is 5.98. The van der Waals surface area contributed by atoms with Crippen molar-refractivity contribution in [3.05, 3.63) is 35.6 Å². The highest BCUT2D eigenvalue weighted by atomic mass is 19.1. The van der Waals surface area contributed by atoms with Gasteiger partial charge < -0.3 is 4.90 Å². The third kappa shape index (κ3) is 3.66. The average Bonchev–Trinajstić information content (AvgIpc) is 2.48. The quantitative estimate of drug-likeness (QED) is 0.761. The van der Waals surface area contributed by atoms with Crippen LogP contribution in [0.5, 0.6) is 0 Å². The molecule has 0 aliphatic heterocycles. The lowest BCUT2D eigenvalue weighted by atomic mass is 9.92. The smallest absolute Gasteiger partial charge is 0.169 e. The molecule has 0 saturated heterocycles. The lowest BCUT2D eigenvalue weighted by Crippen LogP contribution is -2.38. The van der Waals surface area contributed by atoms with Crippen LogP contribution in [-0.2, 0) is 0 Å². The molecular formula is C17H24FNO. The molecule has 0 N–H and O–H groups in total. The molecule has 0 aromatic heterocycles. The fraction of sp³-hybridized carbons (Fsp3) is 0.588. The van der Waals surface area contributed by atoms with Gasteiger partial charge in [0.1, 0.15) is 5.82 Å². The fourth-order valence-corrected chi connectivity index (χ4v) is 3.11. The largest absolute Gasteiger partial charge is 0.303 e. The first-order chi connectivity index (χ1) is 9.59. The SMILES string of the molecule is CC(CN(C)C1CCCCC1)C(=O)c1ccccc1F. The molecule has 20 heavy (non-hydrogen) atoms. The minimum absolute atomic E-state index is 0.0919. The van der Waals surface area contributed by atoms with Crippen LogP contribution in [0.1, 0.15) is 49.4 Å². The lowest BCUT2D eigenvalue weighted by molar-refractivity contribution is 0.0868. The normalized spacial score (nSPS) is 18.2. The van der Waals surface area contributed by atoms with Gasteiger partial charge in [-0.15, -0.1) is 0 Å². The number of hydrogen-bond donors (Lipinski definition) is 0. The summed E-state index contributed by atoms with van der Waals surface area (Å²) in [6.45, 7) is 2.60. The molecule has 3 heteroatoms. The first-order valence-electron chi connectivity index (χ1n) is 7.58. The molecule has 1 aromatic carbocycles. The van der Waals surface area contributed by atoms with Crippen molar-refractivity contribution in [3.63, 3.8) is 0 Å². The first-order valence-corrected chi connectivity index (χ1v) is 7.58. The Kier molecular flexibility index (Phi) is 5.30. The van der Waals surface area contributed by atoms with E-state index in [1.807, 2.05) is 6.92 Å². The number of nitrogens with zero attached hydrogens (tertiary/aromatic N) is 1. The number of carbonyl (C=O) groups excluding carboxylic acids is 1. The number of halogens is 1. The molecule has 1 unspecified atom stereocenters. The molecule has 2 nitrogen and oxygen atoms in total. The van der Waals surface area contributed by atoms with Gasteiger partial charge >= 0.3 is 0 Å². The summed E-state index contributed by atoms with van der Waals surface area (Å²) >= 11 is 0. The third-order valence-electron chi connectivity index (χ3n) is 4.35. The molecule has 0 amide bonds. The predicted molar refractivity (Wildman–Crippen MR) is 79.4 cm³/mol. The minimum Gasteiger partial charge on any atom is -0.303 e. The van der Waals surface area contributed by atoms with Crippen LogP contribution in [0.4, 0.5) is 4.39 Å². The molecule has 0 heterocycles. The zero-order chi connectivity index (χ0) is 14.5. The van der Waals surface area contributed by atoms with E-state index in [9.17, 15) is 9.18 Å².